The number of H-pyrrole nitrogens is 1. The van der Waals surface area contributed by atoms with Gasteiger partial charge in [0.1, 0.15) is 11.5 Å². The van der Waals surface area contributed by atoms with Crippen molar-refractivity contribution in [2.24, 2.45) is 5.73 Å². The van der Waals surface area contributed by atoms with Gasteiger partial charge < -0.3 is 21.8 Å². The second-order valence-corrected chi connectivity index (χ2v) is 7.71. The number of anilines is 2. The van der Waals surface area contributed by atoms with Crippen LogP contribution in [0.3, 0.4) is 0 Å². The van der Waals surface area contributed by atoms with Crippen LogP contribution in [0.1, 0.15) is 20.7 Å². The Morgan fingerprint density at radius 1 is 0.943 bits per heavy atom. The molecular formula is C25H18FN7O2. The lowest BCUT2D eigenvalue weighted by Crippen LogP contribution is -2.11. The molecule has 9 nitrogen and oxygen atoms in total. The quantitative estimate of drug-likeness (QED) is 0.309. The van der Waals surface area contributed by atoms with Crippen LogP contribution in [0.5, 0.6) is 0 Å². The zero-order valence-corrected chi connectivity index (χ0v) is 18.1. The summed E-state index contributed by atoms with van der Waals surface area (Å²) in [4.78, 5) is 40.3. The number of aromatic nitrogens is 4. The molecule has 0 unspecified atom stereocenters. The number of hydrogen-bond acceptors (Lipinski definition) is 6. The molecule has 0 aliphatic rings. The lowest BCUT2D eigenvalue weighted by molar-refractivity contribution is 0.0997. The van der Waals surface area contributed by atoms with Crippen molar-refractivity contribution >= 4 is 34.4 Å². The number of rotatable bonds is 5. The summed E-state index contributed by atoms with van der Waals surface area (Å²) < 4.78 is 13.4. The van der Waals surface area contributed by atoms with E-state index in [9.17, 15) is 14.0 Å². The summed E-state index contributed by atoms with van der Waals surface area (Å²) in [7, 11) is 0. The Morgan fingerprint density at radius 2 is 1.74 bits per heavy atom. The molecule has 2 heterocycles. The van der Waals surface area contributed by atoms with Crippen LogP contribution in [0.2, 0.25) is 0 Å². The zero-order chi connectivity index (χ0) is 24.5. The van der Waals surface area contributed by atoms with E-state index in [1.54, 1.807) is 42.5 Å². The number of halogens is 1. The van der Waals surface area contributed by atoms with Crippen LogP contribution < -0.4 is 16.8 Å². The van der Waals surface area contributed by atoms with Crippen LogP contribution in [0.4, 0.5) is 15.9 Å². The molecule has 172 valence electrons. The van der Waals surface area contributed by atoms with Gasteiger partial charge in [-0.1, -0.05) is 18.2 Å². The Bertz CT molecular complexity index is 1600. The van der Waals surface area contributed by atoms with Crippen LogP contribution >= 0.6 is 0 Å². The number of hydrogen-bond donors (Lipinski definition) is 4. The predicted molar refractivity (Wildman–Crippen MR) is 130 cm³/mol. The molecule has 5 rings (SSSR count). The Balaban J connectivity index is 1.44. The van der Waals surface area contributed by atoms with E-state index in [0.29, 0.717) is 39.5 Å². The number of nitrogen functional groups attached to an aromatic ring is 1. The van der Waals surface area contributed by atoms with E-state index >= 15 is 0 Å². The van der Waals surface area contributed by atoms with Crippen LogP contribution in [-0.2, 0) is 0 Å². The van der Waals surface area contributed by atoms with Gasteiger partial charge in [-0.3, -0.25) is 9.59 Å². The monoisotopic (exact) mass is 467 g/mol. The molecule has 0 saturated heterocycles. The summed E-state index contributed by atoms with van der Waals surface area (Å²) in [5.41, 5.74) is 15.3. The standard InChI is InChI=1S/C25H18FN7O2/c26-16-3-1-2-15(10-16)25(35)30-17-8-9-18-19(11-17)33-24(32-18)21-22(27)29-12-20(31-21)13-4-6-14(7-5-13)23(28)34/h1-12H,(H2,27,29)(H2,28,34)(H,30,35)(H,32,33). The molecule has 0 radical (unpaired) electrons. The Hall–Kier alpha value is -5.12. The van der Waals surface area contributed by atoms with E-state index in [4.69, 9.17) is 11.5 Å². The van der Waals surface area contributed by atoms with Crippen molar-refractivity contribution in [1.82, 2.24) is 19.9 Å². The fourth-order valence-electron chi connectivity index (χ4n) is 3.55. The molecule has 0 aliphatic carbocycles. The van der Waals surface area contributed by atoms with Gasteiger partial charge in [-0.05, 0) is 48.5 Å². The summed E-state index contributed by atoms with van der Waals surface area (Å²) in [6, 6.07) is 17.2. The maximum Gasteiger partial charge on any atom is 0.255 e. The number of imidazole rings is 1. The third-order valence-corrected chi connectivity index (χ3v) is 5.32. The summed E-state index contributed by atoms with van der Waals surface area (Å²) in [6.07, 6.45) is 1.53. The van der Waals surface area contributed by atoms with Gasteiger partial charge in [0.25, 0.3) is 5.91 Å². The molecule has 2 aromatic heterocycles. The van der Waals surface area contributed by atoms with Gasteiger partial charge >= 0.3 is 0 Å². The van der Waals surface area contributed by atoms with Crippen LogP contribution in [0, 0.1) is 5.82 Å². The van der Waals surface area contributed by atoms with Crippen LogP contribution in [0.15, 0.2) is 72.9 Å². The topological polar surface area (TPSA) is 153 Å². The van der Waals surface area contributed by atoms with Crippen molar-refractivity contribution in [1.29, 1.82) is 0 Å². The number of aromatic amines is 1. The first-order valence-electron chi connectivity index (χ1n) is 10.5. The van der Waals surface area contributed by atoms with Gasteiger partial charge in [-0.2, -0.15) is 0 Å². The maximum atomic E-state index is 13.4. The van der Waals surface area contributed by atoms with Gasteiger partial charge in [0.05, 0.1) is 22.9 Å². The fraction of sp³-hybridized carbons (Fsp3) is 0. The van der Waals surface area contributed by atoms with Crippen molar-refractivity contribution < 1.29 is 14.0 Å². The Morgan fingerprint density at radius 3 is 2.49 bits per heavy atom. The third-order valence-electron chi connectivity index (χ3n) is 5.32. The number of nitrogens with zero attached hydrogens (tertiary/aromatic N) is 3. The Labute approximate surface area is 198 Å². The first-order valence-corrected chi connectivity index (χ1v) is 10.5. The van der Waals surface area contributed by atoms with Gasteiger partial charge in [-0.25, -0.2) is 19.3 Å². The lowest BCUT2D eigenvalue weighted by Gasteiger charge is -2.06. The lowest BCUT2D eigenvalue weighted by atomic mass is 10.1. The zero-order valence-electron chi connectivity index (χ0n) is 18.1. The fourth-order valence-corrected chi connectivity index (χ4v) is 3.55. The largest absolute Gasteiger partial charge is 0.382 e. The molecule has 0 spiro atoms. The van der Waals surface area contributed by atoms with Gasteiger partial charge in [0, 0.05) is 22.4 Å². The number of carbonyl (C=O) groups is 2. The van der Waals surface area contributed by atoms with Gasteiger partial charge in [0.2, 0.25) is 5.91 Å². The molecule has 0 aliphatic heterocycles. The minimum absolute atomic E-state index is 0.182. The molecule has 5 aromatic rings. The summed E-state index contributed by atoms with van der Waals surface area (Å²) in [5.74, 6) is -0.866. The average molecular weight is 467 g/mol. The number of benzene rings is 3. The van der Waals surface area contributed by atoms with Crippen molar-refractivity contribution in [2.45, 2.75) is 0 Å². The number of carbonyl (C=O) groups excluding carboxylic acids is 2. The van der Waals surface area contributed by atoms with Gasteiger partial charge in [-0.15, -0.1) is 0 Å². The maximum absolute atomic E-state index is 13.4. The number of fused-ring (bicyclic) bond motifs is 1. The van der Waals surface area contributed by atoms with E-state index in [-0.39, 0.29) is 11.4 Å². The van der Waals surface area contributed by atoms with Crippen LogP contribution in [-0.4, -0.2) is 31.8 Å². The van der Waals surface area contributed by atoms with Crippen molar-refractivity contribution in [3.63, 3.8) is 0 Å². The van der Waals surface area contributed by atoms with Crippen molar-refractivity contribution in [3.05, 3.63) is 89.9 Å². The molecule has 10 heteroatoms. The molecule has 6 N–H and O–H groups in total. The highest BCUT2D eigenvalue weighted by atomic mass is 19.1. The van der Waals surface area contributed by atoms with E-state index in [2.05, 4.69) is 25.3 Å². The molecule has 0 saturated carbocycles. The van der Waals surface area contributed by atoms with Crippen molar-refractivity contribution in [2.75, 3.05) is 11.1 Å². The van der Waals surface area contributed by atoms with E-state index < -0.39 is 17.6 Å². The molecule has 2 amide bonds. The third kappa shape index (κ3) is 4.40. The molecule has 0 atom stereocenters. The predicted octanol–water partition coefficient (Wildman–Crippen LogP) is 3.76. The number of primary amides is 1. The second kappa shape index (κ2) is 8.67. The average Bonchev–Trinajstić information content (AvgIpc) is 3.27. The molecule has 0 bridgehead atoms. The first kappa shape index (κ1) is 21.7. The van der Waals surface area contributed by atoms with E-state index in [1.807, 2.05) is 0 Å². The van der Waals surface area contributed by atoms with Gasteiger partial charge in [0.15, 0.2) is 11.6 Å². The first-order chi connectivity index (χ1) is 16.9. The number of nitrogens with one attached hydrogen (secondary N) is 2. The molecule has 35 heavy (non-hydrogen) atoms. The summed E-state index contributed by atoms with van der Waals surface area (Å²) in [5, 5.41) is 2.74. The smallest absolute Gasteiger partial charge is 0.255 e. The van der Waals surface area contributed by atoms with E-state index in [1.165, 1.54) is 24.4 Å². The highest BCUT2D eigenvalue weighted by molar-refractivity contribution is 6.05. The highest BCUT2D eigenvalue weighted by Gasteiger charge is 2.15. The summed E-state index contributed by atoms with van der Waals surface area (Å²) >= 11 is 0. The Kier molecular flexibility index (Phi) is 5.38. The SMILES string of the molecule is NC(=O)c1ccc(-c2cnc(N)c(-c3nc4ccc(NC(=O)c5cccc(F)c5)cc4[nH]3)n2)cc1. The minimum atomic E-state index is -0.519. The number of amides is 2. The van der Waals surface area contributed by atoms with Crippen LogP contribution in [0.25, 0.3) is 33.8 Å². The van der Waals surface area contributed by atoms with E-state index in [0.717, 1.165) is 11.6 Å². The molecule has 0 fully saturated rings. The molecular weight excluding hydrogens is 449 g/mol. The highest BCUT2D eigenvalue weighted by Crippen LogP contribution is 2.27. The van der Waals surface area contributed by atoms with Crippen molar-refractivity contribution in [3.8, 4) is 22.8 Å². The summed E-state index contributed by atoms with van der Waals surface area (Å²) in [6.45, 7) is 0. The second-order valence-electron chi connectivity index (χ2n) is 7.71. The number of nitrogens with two attached hydrogens (primary N) is 2. The minimum Gasteiger partial charge on any atom is -0.382 e. The normalized spacial score (nSPS) is 10.9. The molecule has 3 aromatic carbocycles.